The van der Waals surface area contributed by atoms with Crippen molar-refractivity contribution < 1.29 is 14.4 Å². The zero-order chi connectivity index (χ0) is 11.0. The third kappa shape index (κ3) is 1.26. The first kappa shape index (κ1) is 9.02. The van der Waals surface area contributed by atoms with Gasteiger partial charge in [-0.25, -0.2) is 0 Å². The lowest BCUT2D eigenvalue weighted by atomic mass is 10.2. The molecule has 0 saturated heterocycles. The first-order valence-electron chi connectivity index (χ1n) is 3.93. The fourth-order valence-corrected chi connectivity index (χ4v) is 1.29. The number of phenolic OH excluding ortho intramolecular Hbond substituents is 1. The zero-order valence-electron chi connectivity index (χ0n) is 7.30. The van der Waals surface area contributed by atoms with E-state index in [1.807, 2.05) is 0 Å². The van der Waals surface area contributed by atoms with Gasteiger partial charge in [-0.2, -0.15) is 5.26 Å². The summed E-state index contributed by atoms with van der Waals surface area (Å²) >= 11 is 0. The molecule has 0 aliphatic heterocycles. The highest BCUT2D eigenvalue weighted by Crippen LogP contribution is 2.35. The third-order valence-electron chi connectivity index (χ3n) is 1.96. The standard InChI is InChI=1S/C9H4N2O4/c10-4-5-3-6-8(15-5)2-1-7(9(6)12)11(13)14/h1-3,12H. The van der Waals surface area contributed by atoms with Gasteiger partial charge in [-0.3, -0.25) is 10.1 Å². The maximum atomic E-state index is 10.5. The van der Waals surface area contributed by atoms with Crippen molar-refractivity contribution >= 4 is 16.7 Å². The number of rotatable bonds is 1. The van der Waals surface area contributed by atoms with Crippen molar-refractivity contribution in [3.8, 4) is 11.8 Å². The average Bonchev–Trinajstić information content (AvgIpc) is 2.61. The Balaban J connectivity index is 2.79. The molecule has 1 heterocycles. The van der Waals surface area contributed by atoms with Crippen LogP contribution in [0.15, 0.2) is 22.6 Å². The summed E-state index contributed by atoms with van der Waals surface area (Å²) in [4.78, 5) is 9.79. The second-order valence-corrected chi connectivity index (χ2v) is 2.82. The summed E-state index contributed by atoms with van der Waals surface area (Å²) < 4.78 is 4.99. The van der Waals surface area contributed by atoms with E-state index in [1.54, 1.807) is 6.07 Å². The van der Waals surface area contributed by atoms with E-state index in [9.17, 15) is 15.2 Å². The molecule has 0 atom stereocenters. The van der Waals surface area contributed by atoms with E-state index in [2.05, 4.69) is 0 Å². The van der Waals surface area contributed by atoms with Crippen LogP contribution in [0.25, 0.3) is 11.0 Å². The topological polar surface area (TPSA) is 100 Å². The minimum atomic E-state index is -0.701. The van der Waals surface area contributed by atoms with Gasteiger partial charge in [0.2, 0.25) is 11.5 Å². The van der Waals surface area contributed by atoms with E-state index in [0.29, 0.717) is 0 Å². The van der Waals surface area contributed by atoms with E-state index in [4.69, 9.17) is 9.68 Å². The molecule has 1 N–H and O–H groups in total. The van der Waals surface area contributed by atoms with Crippen LogP contribution in [0.5, 0.6) is 5.75 Å². The van der Waals surface area contributed by atoms with E-state index >= 15 is 0 Å². The fraction of sp³-hybridized carbons (Fsp3) is 0. The number of furan rings is 1. The molecule has 74 valence electrons. The van der Waals surface area contributed by atoms with E-state index in [0.717, 1.165) is 6.07 Å². The summed E-state index contributed by atoms with van der Waals surface area (Å²) in [7, 11) is 0. The zero-order valence-corrected chi connectivity index (χ0v) is 7.30. The van der Waals surface area contributed by atoms with Gasteiger partial charge in [0.25, 0.3) is 0 Å². The molecule has 2 rings (SSSR count). The van der Waals surface area contributed by atoms with Crippen molar-refractivity contribution in [1.29, 1.82) is 5.26 Å². The minimum Gasteiger partial charge on any atom is -0.502 e. The SMILES string of the molecule is N#Cc1cc2c(O)c([N+](=O)[O-])ccc2o1. The Morgan fingerprint density at radius 1 is 1.53 bits per heavy atom. The average molecular weight is 204 g/mol. The van der Waals surface area contributed by atoms with Gasteiger partial charge in [0.15, 0.2) is 0 Å². The molecule has 0 unspecified atom stereocenters. The van der Waals surface area contributed by atoms with Crippen molar-refractivity contribution in [2.75, 3.05) is 0 Å². The van der Waals surface area contributed by atoms with Crippen molar-refractivity contribution in [2.24, 2.45) is 0 Å². The first-order valence-corrected chi connectivity index (χ1v) is 3.93. The fourth-order valence-electron chi connectivity index (χ4n) is 1.29. The molecule has 0 bridgehead atoms. The lowest BCUT2D eigenvalue weighted by Crippen LogP contribution is -1.87. The molecular weight excluding hydrogens is 200 g/mol. The second kappa shape index (κ2) is 2.99. The predicted molar refractivity (Wildman–Crippen MR) is 49.2 cm³/mol. The van der Waals surface area contributed by atoms with Gasteiger partial charge in [0, 0.05) is 12.1 Å². The molecule has 1 aromatic heterocycles. The Labute approximate surface area is 83.1 Å². The van der Waals surface area contributed by atoms with E-state index in [-0.39, 0.29) is 16.7 Å². The van der Waals surface area contributed by atoms with Gasteiger partial charge in [0.1, 0.15) is 11.7 Å². The van der Waals surface area contributed by atoms with Crippen molar-refractivity contribution in [2.45, 2.75) is 0 Å². The number of phenols is 1. The number of nitro benzene ring substituents is 1. The summed E-state index contributed by atoms with van der Waals surface area (Å²) in [6, 6.07) is 5.47. The smallest absolute Gasteiger partial charge is 0.311 e. The van der Waals surface area contributed by atoms with Crippen LogP contribution >= 0.6 is 0 Å². The molecule has 15 heavy (non-hydrogen) atoms. The van der Waals surface area contributed by atoms with Gasteiger partial charge in [-0.15, -0.1) is 0 Å². The second-order valence-electron chi connectivity index (χ2n) is 2.82. The number of nitrogens with zero attached hydrogens (tertiary/aromatic N) is 2. The number of nitro groups is 1. The highest BCUT2D eigenvalue weighted by atomic mass is 16.6. The summed E-state index contributed by atoms with van der Waals surface area (Å²) in [6.07, 6.45) is 0. The van der Waals surface area contributed by atoms with Crippen molar-refractivity contribution in [3.05, 3.63) is 34.1 Å². The molecule has 0 aliphatic carbocycles. The molecule has 0 fully saturated rings. The molecule has 6 heteroatoms. The highest BCUT2D eigenvalue weighted by Gasteiger charge is 2.18. The van der Waals surface area contributed by atoms with Crippen molar-refractivity contribution in [1.82, 2.24) is 0 Å². The van der Waals surface area contributed by atoms with Gasteiger partial charge in [0.05, 0.1) is 10.3 Å². The van der Waals surface area contributed by atoms with Crippen LogP contribution in [0.3, 0.4) is 0 Å². The monoisotopic (exact) mass is 204 g/mol. The largest absolute Gasteiger partial charge is 0.502 e. The molecule has 0 spiro atoms. The minimum absolute atomic E-state index is 0.000739. The predicted octanol–water partition coefficient (Wildman–Crippen LogP) is 1.92. The molecule has 2 aromatic rings. The van der Waals surface area contributed by atoms with Crippen LogP contribution < -0.4 is 0 Å². The van der Waals surface area contributed by atoms with Crippen LogP contribution in [0.1, 0.15) is 5.76 Å². The Kier molecular flexibility index (Phi) is 1.80. The van der Waals surface area contributed by atoms with Gasteiger partial charge >= 0.3 is 5.69 Å². The first-order chi connectivity index (χ1) is 7.13. The van der Waals surface area contributed by atoms with Gasteiger partial charge < -0.3 is 9.52 Å². The highest BCUT2D eigenvalue weighted by molar-refractivity contribution is 5.88. The number of benzene rings is 1. The molecule has 6 nitrogen and oxygen atoms in total. The Hall–Kier alpha value is -2.55. The lowest BCUT2D eigenvalue weighted by molar-refractivity contribution is -0.385. The number of nitriles is 1. The quantitative estimate of drug-likeness (QED) is 0.564. The van der Waals surface area contributed by atoms with Crippen molar-refractivity contribution in [3.63, 3.8) is 0 Å². The van der Waals surface area contributed by atoms with Gasteiger partial charge in [-0.1, -0.05) is 0 Å². The molecule has 0 saturated carbocycles. The Morgan fingerprint density at radius 3 is 2.87 bits per heavy atom. The van der Waals surface area contributed by atoms with Gasteiger partial charge in [-0.05, 0) is 6.07 Å². The molecule has 0 radical (unpaired) electrons. The number of fused-ring (bicyclic) bond motifs is 1. The molecular formula is C9H4N2O4. The normalized spacial score (nSPS) is 10.1. The van der Waals surface area contributed by atoms with E-state index in [1.165, 1.54) is 12.1 Å². The number of hydrogen-bond donors (Lipinski definition) is 1. The summed E-state index contributed by atoms with van der Waals surface area (Å²) in [5.74, 6) is -0.483. The summed E-state index contributed by atoms with van der Waals surface area (Å²) in [6.45, 7) is 0. The third-order valence-corrected chi connectivity index (χ3v) is 1.96. The molecule has 0 amide bonds. The van der Waals surface area contributed by atoms with Crippen LogP contribution in [0, 0.1) is 21.4 Å². The van der Waals surface area contributed by atoms with Crippen LogP contribution in [-0.2, 0) is 0 Å². The molecule has 0 aliphatic rings. The molecule has 1 aromatic carbocycles. The van der Waals surface area contributed by atoms with Crippen LogP contribution in [0.4, 0.5) is 5.69 Å². The van der Waals surface area contributed by atoms with Crippen LogP contribution in [-0.4, -0.2) is 10.0 Å². The Bertz CT molecular complexity index is 594. The van der Waals surface area contributed by atoms with Crippen LogP contribution in [0.2, 0.25) is 0 Å². The maximum absolute atomic E-state index is 10.5. The maximum Gasteiger partial charge on any atom is 0.311 e. The number of aromatic hydroxyl groups is 1. The Morgan fingerprint density at radius 2 is 2.27 bits per heavy atom. The number of hydrogen-bond acceptors (Lipinski definition) is 5. The summed E-state index contributed by atoms with van der Waals surface area (Å²) in [5, 5.41) is 28.7. The lowest BCUT2D eigenvalue weighted by Gasteiger charge is -1.95. The van der Waals surface area contributed by atoms with E-state index < -0.39 is 16.4 Å². The summed E-state index contributed by atoms with van der Waals surface area (Å²) in [5.41, 5.74) is -0.164.